The summed E-state index contributed by atoms with van der Waals surface area (Å²) in [5.74, 6) is -1.27. The summed E-state index contributed by atoms with van der Waals surface area (Å²) >= 11 is 12.1. The maximum absolute atomic E-state index is 14.0. The third-order valence-corrected chi connectivity index (χ3v) is 7.51. The molecule has 1 aromatic carbocycles. The second-order valence-corrected chi connectivity index (χ2v) is 12.9. The second kappa shape index (κ2) is 11.0. The number of alkyl halides is 1. The summed E-state index contributed by atoms with van der Waals surface area (Å²) in [7, 11) is 0. The van der Waals surface area contributed by atoms with Gasteiger partial charge in [-0.2, -0.15) is 0 Å². The first-order chi connectivity index (χ1) is 17.1. The number of fused-ring (bicyclic) bond motifs is 2. The van der Waals surface area contributed by atoms with Crippen LogP contribution in [0.5, 0.6) is 0 Å². The van der Waals surface area contributed by atoms with E-state index in [9.17, 15) is 19.1 Å². The monoisotopic (exact) mass is 553 g/mol. The number of nitrogens with one attached hydrogen (secondary N) is 3. The third-order valence-electron chi connectivity index (χ3n) is 7.05. The molecule has 2 aliphatic heterocycles. The number of allylic oxidation sites excluding steroid dienone is 4. The predicted molar refractivity (Wildman–Crippen MR) is 148 cm³/mol. The summed E-state index contributed by atoms with van der Waals surface area (Å²) in [6.45, 7) is 10.8. The lowest BCUT2D eigenvalue weighted by Gasteiger charge is -2.39. The van der Waals surface area contributed by atoms with Crippen LogP contribution in [0, 0.1) is 17.3 Å². The van der Waals surface area contributed by atoms with Crippen LogP contribution in [0.2, 0.25) is 5.02 Å². The number of hydrogen-bond donors (Lipinski definition) is 4. The molecule has 4 N–H and O–H groups in total. The highest BCUT2D eigenvalue weighted by atomic mass is 35.5. The van der Waals surface area contributed by atoms with E-state index in [4.69, 9.17) is 23.2 Å². The molecule has 6 nitrogen and oxygen atoms in total. The van der Waals surface area contributed by atoms with Crippen LogP contribution in [-0.2, 0) is 15.0 Å². The highest BCUT2D eigenvalue weighted by Gasteiger charge is 2.66. The molecule has 2 aliphatic rings. The maximum Gasteiger partial charge on any atom is 0.237 e. The molecule has 2 amide bonds. The molecule has 1 fully saturated rings. The summed E-state index contributed by atoms with van der Waals surface area (Å²) < 4.78 is 12.9. The zero-order chi connectivity index (χ0) is 27.8. The first kappa shape index (κ1) is 29.6. The van der Waals surface area contributed by atoms with Gasteiger partial charge in [0.2, 0.25) is 11.8 Å². The average Bonchev–Trinajstić information content (AvgIpc) is 3.25. The van der Waals surface area contributed by atoms with Gasteiger partial charge < -0.3 is 21.1 Å². The van der Waals surface area contributed by atoms with Crippen molar-refractivity contribution in [2.24, 2.45) is 17.3 Å². The standard InChI is InChI=1S/C28H38Cl2FN3O3/c1-16(8-7-9-18(30)14-31)22-23(24(35)32-15-27(5,6)37)34-21(13-26(2,3)4)28(22)19-11-10-17(29)12-20(19)33-25(28)36/h7-12,16,21-23,34,37H,13-15H2,1-6H3,(H,32,35)(H,33,36)/b8-7-,18-9+/t16?,21-,22+,23-,28+/m1/s1. The van der Waals surface area contributed by atoms with Crippen molar-refractivity contribution in [1.82, 2.24) is 10.6 Å². The van der Waals surface area contributed by atoms with Gasteiger partial charge in [0.15, 0.2) is 0 Å². The Morgan fingerprint density at radius 3 is 2.57 bits per heavy atom. The third kappa shape index (κ3) is 6.39. The molecule has 1 spiro atoms. The molecule has 0 saturated carbocycles. The van der Waals surface area contributed by atoms with Crippen LogP contribution in [0.4, 0.5) is 10.1 Å². The summed E-state index contributed by atoms with van der Waals surface area (Å²) in [6, 6.07) is 4.27. The Morgan fingerprint density at radius 1 is 1.30 bits per heavy atom. The van der Waals surface area contributed by atoms with Crippen LogP contribution in [0.25, 0.3) is 0 Å². The van der Waals surface area contributed by atoms with Gasteiger partial charge in [0.05, 0.1) is 17.1 Å². The first-order valence-electron chi connectivity index (χ1n) is 12.6. The molecule has 1 aromatic rings. The molecule has 0 aromatic heterocycles. The minimum absolute atomic E-state index is 0.0606. The number of carbonyl (C=O) groups excluding carboxylic acids is 2. The van der Waals surface area contributed by atoms with Crippen molar-refractivity contribution in [2.45, 2.75) is 71.1 Å². The zero-order valence-electron chi connectivity index (χ0n) is 22.3. The number of rotatable bonds is 8. The van der Waals surface area contributed by atoms with Crippen LogP contribution in [0.15, 0.2) is 41.5 Å². The topological polar surface area (TPSA) is 90.5 Å². The second-order valence-electron chi connectivity index (χ2n) is 12.0. The quantitative estimate of drug-likeness (QED) is 0.337. The van der Waals surface area contributed by atoms with E-state index >= 15 is 0 Å². The van der Waals surface area contributed by atoms with Gasteiger partial charge in [-0.15, -0.1) is 0 Å². The van der Waals surface area contributed by atoms with Crippen molar-refractivity contribution in [3.63, 3.8) is 0 Å². The van der Waals surface area contributed by atoms with Crippen LogP contribution in [-0.4, -0.2) is 47.8 Å². The van der Waals surface area contributed by atoms with E-state index in [0.717, 1.165) is 5.56 Å². The lowest BCUT2D eigenvalue weighted by molar-refractivity contribution is -0.126. The number of aliphatic hydroxyl groups is 1. The highest BCUT2D eigenvalue weighted by molar-refractivity contribution is 6.31. The van der Waals surface area contributed by atoms with Crippen LogP contribution in [0.1, 0.15) is 53.5 Å². The van der Waals surface area contributed by atoms with E-state index < -0.39 is 29.7 Å². The van der Waals surface area contributed by atoms with E-state index in [-0.39, 0.29) is 40.8 Å². The summed E-state index contributed by atoms with van der Waals surface area (Å²) in [5, 5.41) is 20.2. The largest absolute Gasteiger partial charge is 0.389 e. The minimum atomic E-state index is -1.10. The van der Waals surface area contributed by atoms with E-state index in [1.165, 1.54) is 6.08 Å². The molecule has 2 heterocycles. The fourth-order valence-electron chi connectivity index (χ4n) is 5.65. The molecule has 0 radical (unpaired) electrons. The summed E-state index contributed by atoms with van der Waals surface area (Å²) in [5.41, 5.74) is -0.887. The summed E-state index contributed by atoms with van der Waals surface area (Å²) in [4.78, 5) is 27.6. The van der Waals surface area contributed by atoms with E-state index in [0.29, 0.717) is 17.1 Å². The molecule has 204 valence electrons. The van der Waals surface area contributed by atoms with Crippen LogP contribution >= 0.6 is 23.2 Å². The van der Waals surface area contributed by atoms with Gasteiger partial charge in [-0.3, -0.25) is 9.59 Å². The fraction of sp³-hybridized carbons (Fsp3) is 0.571. The van der Waals surface area contributed by atoms with Crippen molar-refractivity contribution < 1.29 is 19.1 Å². The maximum atomic E-state index is 14.0. The van der Waals surface area contributed by atoms with E-state index in [1.807, 2.05) is 19.1 Å². The number of carbonyl (C=O) groups is 2. The van der Waals surface area contributed by atoms with Crippen molar-refractivity contribution in [3.8, 4) is 0 Å². The molecule has 0 aliphatic carbocycles. The zero-order valence-corrected chi connectivity index (χ0v) is 23.8. The number of anilines is 1. The fourth-order valence-corrected chi connectivity index (χ4v) is 5.90. The lowest BCUT2D eigenvalue weighted by Crippen LogP contribution is -2.52. The number of hydrogen-bond acceptors (Lipinski definition) is 4. The van der Waals surface area contributed by atoms with Crippen molar-refractivity contribution in [1.29, 1.82) is 0 Å². The number of amides is 2. The Bertz CT molecular complexity index is 1090. The molecule has 37 heavy (non-hydrogen) atoms. The Kier molecular flexibility index (Phi) is 8.85. The highest BCUT2D eigenvalue weighted by Crippen LogP contribution is 2.55. The lowest BCUT2D eigenvalue weighted by atomic mass is 9.61. The molecular formula is C28H38Cl2FN3O3. The van der Waals surface area contributed by atoms with Crippen LogP contribution < -0.4 is 16.0 Å². The molecule has 9 heteroatoms. The van der Waals surface area contributed by atoms with Crippen molar-refractivity contribution in [2.75, 3.05) is 18.5 Å². The smallest absolute Gasteiger partial charge is 0.237 e. The predicted octanol–water partition coefficient (Wildman–Crippen LogP) is 5.09. The molecule has 1 unspecified atom stereocenters. The van der Waals surface area contributed by atoms with Gasteiger partial charge in [0, 0.05) is 34.2 Å². The van der Waals surface area contributed by atoms with Crippen molar-refractivity contribution >= 4 is 40.7 Å². The SMILES string of the molecule is CC(/C=C\C=C(\Cl)CF)[C@H]1[C@H](C(=O)NCC(C)(C)O)N[C@H](CC(C)(C)C)[C@]12C(=O)Nc1cc(Cl)ccc12. The molecule has 1 saturated heterocycles. The Morgan fingerprint density at radius 2 is 1.97 bits per heavy atom. The Balaban J connectivity index is 2.18. The van der Waals surface area contributed by atoms with Gasteiger partial charge >= 0.3 is 0 Å². The van der Waals surface area contributed by atoms with E-state index in [1.54, 1.807) is 32.1 Å². The summed E-state index contributed by atoms with van der Waals surface area (Å²) in [6.07, 6.45) is 5.62. The van der Waals surface area contributed by atoms with Gasteiger partial charge in [-0.25, -0.2) is 4.39 Å². The molecule has 0 bridgehead atoms. The van der Waals surface area contributed by atoms with Gasteiger partial charge in [0.25, 0.3) is 0 Å². The Hall–Kier alpha value is -1.93. The average molecular weight is 555 g/mol. The molecule has 3 rings (SSSR count). The van der Waals surface area contributed by atoms with Crippen molar-refractivity contribution in [3.05, 3.63) is 52.0 Å². The molecule has 5 atom stereocenters. The first-order valence-corrected chi connectivity index (χ1v) is 13.3. The normalized spacial score (nSPS) is 27.0. The number of benzene rings is 1. The van der Waals surface area contributed by atoms with Gasteiger partial charge in [-0.1, -0.05) is 69.1 Å². The van der Waals surface area contributed by atoms with Crippen LogP contribution in [0.3, 0.4) is 0 Å². The Labute approximate surface area is 229 Å². The van der Waals surface area contributed by atoms with E-state index in [2.05, 4.69) is 36.7 Å². The van der Waals surface area contributed by atoms with Gasteiger partial charge in [0.1, 0.15) is 6.67 Å². The molecular weight excluding hydrogens is 516 g/mol. The minimum Gasteiger partial charge on any atom is -0.389 e. The number of halogens is 3. The van der Waals surface area contributed by atoms with Gasteiger partial charge in [-0.05, 0) is 55.4 Å².